The molecule has 0 aliphatic rings. The molecule has 0 saturated heterocycles. The molecule has 1 aromatic rings. The van der Waals surface area contributed by atoms with Crippen LogP contribution in [-0.4, -0.2) is 5.10 Å². The lowest BCUT2D eigenvalue weighted by Gasteiger charge is -1.60. The number of rotatable bonds is 0. The van der Waals surface area contributed by atoms with Crippen LogP contribution in [0.3, 0.4) is 0 Å². The van der Waals surface area contributed by atoms with Gasteiger partial charge in [0, 0.05) is 0 Å². The summed E-state index contributed by atoms with van der Waals surface area (Å²) in [5.41, 5.74) is 4.97. The molecule has 0 aromatic carbocycles. The molecule has 3 N–H and O–H groups in total. The summed E-state index contributed by atoms with van der Waals surface area (Å²) in [6.45, 7) is 0. The summed E-state index contributed by atoms with van der Waals surface area (Å²) in [6, 6.07) is 0.162. The lowest BCUT2D eigenvalue weighted by molar-refractivity contribution is -0.455. The lowest BCUT2D eigenvalue weighted by atomic mass is 11.2. The van der Waals surface area contributed by atoms with Gasteiger partial charge in [-0.05, 0) is 0 Å². The van der Waals surface area contributed by atoms with Crippen molar-refractivity contribution in [1.29, 1.82) is 0 Å². The van der Waals surface area contributed by atoms with Gasteiger partial charge in [-0.2, -0.15) is 0 Å². The molecule has 6 heavy (non-hydrogen) atoms. The first-order valence-electron chi connectivity index (χ1n) is 1.46. The van der Waals surface area contributed by atoms with Gasteiger partial charge in [-0.25, -0.2) is 0 Å². The highest BCUT2D eigenvalue weighted by Gasteiger charge is 1.87. The number of nitrogens with two attached hydrogens (primary N) is 1. The number of hydrogen-bond acceptors (Lipinski definition) is 3. The number of aromatic amines is 1. The zero-order chi connectivity index (χ0) is 4.41. The molecule has 1 heterocycles. The van der Waals surface area contributed by atoms with E-state index in [9.17, 15) is 0 Å². The minimum Gasteiger partial charge on any atom is -0.371 e. The normalized spacial score (nSPS) is 8.67. The molecule has 0 fully saturated rings. The summed E-state index contributed by atoms with van der Waals surface area (Å²) in [5, 5.41) is 5.79. The average molecular weight is 86.1 g/mol. The Morgan fingerprint density at radius 1 is 2.00 bits per heavy atom. The lowest BCUT2D eigenvalue weighted by Crippen LogP contribution is -1.99. The van der Waals surface area contributed by atoms with E-state index in [1.807, 2.05) is 0 Å². The Morgan fingerprint density at radius 2 is 2.83 bits per heavy atom. The fourth-order valence-corrected chi connectivity index (χ4v) is 0.203. The van der Waals surface area contributed by atoms with Crippen molar-refractivity contribution in [2.75, 3.05) is 5.73 Å². The quantitative estimate of drug-likeness (QED) is 0.443. The van der Waals surface area contributed by atoms with Gasteiger partial charge in [0.25, 0.3) is 0 Å². The topological polar surface area (TPSA) is 66.2 Å². The van der Waals surface area contributed by atoms with Crippen LogP contribution in [-0.2, 0) is 0 Å². The van der Waals surface area contributed by atoms with Gasteiger partial charge < -0.3 is 10.2 Å². The van der Waals surface area contributed by atoms with Crippen LogP contribution in [0.25, 0.3) is 0 Å². The maximum absolute atomic E-state index is 4.97. The smallest absolute Gasteiger partial charge is 0.361 e. The highest BCUT2D eigenvalue weighted by Crippen LogP contribution is 1.82. The molecule has 0 atom stereocenters. The highest BCUT2D eigenvalue weighted by molar-refractivity contribution is 4.99. The number of nitrogens with one attached hydrogen (secondary N) is 1. The standard InChI is InChI=1S/C2H3N3O/c3-2-5-4-1-6-2/h1H,(H2,3,5)/p+1. The van der Waals surface area contributed by atoms with Crippen molar-refractivity contribution in [2.45, 2.75) is 0 Å². The fraction of sp³-hybridized carbons (Fsp3) is 0. The van der Waals surface area contributed by atoms with Crippen LogP contribution < -0.4 is 10.8 Å². The summed E-state index contributed by atoms with van der Waals surface area (Å²) in [7, 11) is 0. The molecule has 1 rings (SSSR count). The van der Waals surface area contributed by atoms with Crippen LogP contribution in [0.1, 0.15) is 0 Å². The highest BCUT2D eigenvalue weighted by atomic mass is 16.4. The number of nitrogens with zero attached hydrogens (tertiary/aromatic N) is 1. The molecule has 4 nitrogen and oxygen atoms in total. The van der Waals surface area contributed by atoms with Crippen molar-refractivity contribution >= 4 is 6.01 Å². The van der Waals surface area contributed by atoms with Gasteiger partial charge >= 0.3 is 12.4 Å². The molecule has 0 spiro atoms. The van der Waals surface area contributed by atoms with Crippen molar-refractivity contribution in [1.82, 2.24) is 5.10 Å². The van der Waals surface area contributed by atoms with Crippen molar-refractivity contribution in [3.8, 4) is 0 Å². The molecule has 4 heteroatoms. The van der Waals surface area contributed by atoms with E-state index in [1.165, 1.54) is 6.39 Å². The molecular weight excluding hydrogens is 82.0 g/mol. The summed E-state index contributed by atoms with van der Waals surface area (Å²) in [5.74, 6) is 0. The van der Waals surface area contributed by atoms with E-state index in [-0.39, 0.29) is 6.01 Å². The van der Waals surface area contributed by atoms with Gasteiger partial charge in [-0.3, -0.25) is 0 Å². The summed E-state index contributed by atoms with van der Waals surface area (Å²) in [6.07, 6.45) is 1.30. The van der Waals surface area contributed by atoms with Gasteiger partial charge in [0.1, 0.15) is 0 Å². The molecule has 1 aromatic heterocycles. The monoisotopic (exact) mass is 86.0 g/mol. The Labute approximate surface area is 34.0 Å². The number of hydrogen-bond donors (Lipinski definition) is 1. The third-order valence-corrected chi connectivity index (χ3v) is 0.407. The van der Waals surface area contributed by atoms with E-state index in [0.717, 1.165) is 0 Å². The van der Waals surface area contributed by atoms with Gasteiger partial charge in [0.05, 0.1) is 5.10 Å². The molecular formula is C2H4N3O+. The molecule has 0 saturated carbocycles. The van der Waals surface area contributed by atoms with E-state index >= 15 is 0 Å². The Balaban J connectivity index is 3.05. The van der Waals surface area contributed by atoms with E-state index in [4.69, 9.17) is 5.73 Å². The average Bonchev–Trinajstić information content (AvgIpc) is 1.86. The van der Waals surface area contributed by atoms with Gasteiger partial charge in [0.15, 0.2) is 0 Å². The van der Waals surface area contributed by atoms with E-state index in [2.05, 4.69) is 14.6 Å². The summed E-state index contributed by atoms with van der Waals surface area (Å²) in [4.78, 5) is 0. The van der Waals surface area contributed by atoms with Gasteiger partial charge in [-0.15, -0.1) is 0 Å². The van der Waals surface area contributed by atoms with E-state index in [1.54, 1.807) is 0 Å². The second-order valence-electron chi connectivity index (χ2n) is 0.815. The van der Waals surface area contributed by atoms with Crippen LogP contribution in [0.5, 0.6) is 0 Å². The zero-order valence-electron chi connectivity index (χ0n) is 3.01. The van der Waals surface area contributed by atoms with Crippen LogP contribution in [0.15, 0.2) is 10.8 Å². The maximum Gasteiger partial charge on any atom is 0.361 e. The van der Waals surface area contributed by atoms with Crippen LogP contribution >= 0.6 is 0 Å². The molecule has 0 bridgehead atoms. The predicted octanol–water partition coefficient (Wildman–Crippen LogP) is -0.929. The van der Waals surface area contributed by atoms with E-state index in [0.29, 0.717) is 0 Å². The summed E-state index contributed by atoms with van der Waals surface area (Å²) < 4.78 is 4.44. The number of aromatic nitrogens is 2. The van der Waals surface area contributed by atoms with Gasteiger partial charge in [0.2, 0.25) is 0 Å². The third kappa shape index (κ3) is 0.314. The second kappa shape index (κ2) is 0.965. The Bertz CT molecular complexity index is 112. The minimum absolute atomic E-state index is 0.162. The first kappa shape index (κ1) is 3.14. The predicted molar refractivity (Wildman–Crippen MR) is 17.5 cm³/mol. The molecule has 32 valence electrons. The largest absolute Gasteiger partial charge is 0.371 e. The van der Waals surface area contributed by atoms with Crippen molar-refractivity contribution in [3.05, 3.63) is 6.39 Å². The van der Waals surface area contributed by atoms with Crippen LogP contribution in [0.4, 0.5) is 6.01 Å². The Hall–Kier alpha value is -1.06. The zero-order valence-corrected chi connectivity index (χ0v) is 3.01. The third-order valence-electron chi connectivity index (χ3n) is 0.407. The number of H-pyrrole nitrogens is 1. The molecule has 0 radical (unpaired) electrons. The van der Waals surface area contributed by atoms with Crippen molar-refractivity contribution in [2.24, 2.45) is 0 Å². The SMILES string of the molecule is Nc1n[nH+]co1. The first-order chi connectivity index (χ1) is 2.89. The second-order valence-corrected chi connectivity index (χ2v) is 0.815. The van der Waals surface area contributed by atoms with Crippen LogP contribution in [0.2, 0.25) is 0 Å². The molecule has 0 amide bonds. The Morgan fingerprint density at radius 3 is 3.00 bits per heavy atom. The minimum atomic E-state index is 0.162. The molecule has 0 aliphatic carbocycles. The molecule has 0 aliphatic heterocycles. The van der Waals surface area contributed by atoms with Gasteiger partial charge in [-0.1, -0.05) is 5.10 Å². The van der Waals surface area contributed by atoms with Crippen molar-refractivity contribution < 1.29 is 9.52 Å². The van der Waals surface area contributed by atoms with E-state index < -0.39 is 0 Å². The maximum atomic E-state index is 4.97. The number of anilines is 1. The Kier molecular flexibility index (Phi) is 0.506. The first-order valence-corrected chi connectivity index (χ1v) is 1.46. The number of nitrogen functional groups attached to an aromatic ring is 1. The molecule has 0 unspecified atom stereocenters. The fourth-order valence-electron chi connectivity index (χ4n) is 0.203. The summed E-state index contributed by atoms with van der Waals surface area (Å²) >= 11 is 0. The van der Waals surface area contributed by atoms with Crippen LogP contribution in [0, 0.1) is 0 Å². The van der Waals surface area contributed by atoms with Crippen molar-refractivity contribution in [3.63, 3.8) is 0 Å².